The number of anilines is 1. The number of benzene rings is 3. The number of aromatic carboxylic acids is 1. The predicted octanol–water partition coefficient (Wildman–Crippen LogP) is 7.55. The van der Waals surface area contributed by atoms with Crippen LogP contribution in [0, 0.1) is 6.92 Å². The van der Waals surface area contributed by atoms with E-state index in [1.807, 2.05) is 0 Å². The Hall–Kier alpha value is -4.24. The van der Waals surface area contributed by atoms with Gasteiger partial charge in [0.05, 0.1) is 36.9 Å². The molecule has 0 atom stereocenters. The van der Waals surface area contributed by atoms with E-state index >= 15 is 0 Å². The Labute approximate surface area is 301 Å². The molecular formula is C32H29Cl4N5O7S. The van der Waals surface area contributed by atoms with Crippen molar-refractivity contribution in [3.63, 3.8) is 0 Å². The van der Waals surface area contributed by atoms with E-state index in [0.717, 1.165) is 5.56 Å². The summed E-state index contributed by atoms with van der Waals surface area (Å²) in [7, 11) is -2.53. The number of hydrogen-bond acceptors (Lipinski definition) is 7. The van der Waals surface area contributed by atoms with E-state index in [4.69, 9.17) is 56.1 Å². The van der Waals surface area contributed by atoms with Crippen molar-refractivity contribution in [3.05, 3.63) is 127 Å². The van der Waals surface area contributed by atoms with Gasteiger partial charge in [0.25, 0.3) is 10.1 Å². The van der Waals surface area contributed by atoms with Crippen LogP contribution in [0.25, 0.3) is 0 Å². The van der Waals surface area contributed by atoms with Crippen LogP contribution in [-0.2, 0) is 28.4 Å². The molecule has 0 bridgehead atoms. The third kappa shape index (κ3) is 11.1. The molecule has 5 aromatic rings. The summed E-state index contributed by atoms with van der Waals surface area (Å²) in [4.78, 5) is 33.9. The Balaban J connectivity index is 0.000000253. The molecule has 2 heterocycles. The molecule has 0 spiro atoms. The number of ketones is 1. The van der Waals surface area contributed by atoms with Gasteiger partial charge >= 0.3 is 5.97 Å². The van der Waals surface area contributed by atoms with E-state index in [9.17, 15) is 22.8 Å². The summed E-state index contributed by atoms with van der Waals surface area (Å²) in [5.41, 5.74) is 3.52. The molecule has 3 aromatic carbocycles. The average Bonchev–Trinajstić information content (AvgIpc) is 3.67. The number of H-pyrrole nitrogens is 1. The second-order valence-electron chi connectivity index (χ2n) is 10.1. The maximum atomic E-state index is 13.1. The van der Waals surface area contributed by atoms with Crippen molar-refractivity contribution in [2.45, 2.75) is 31.6 Å². The Bertz CT molecular complexity index is 2070. The summed E-state index contributed by atoms with van der Waals surface area (Å²) in [5, 5.41) is 22.6. The molecule has 4 N–H and O–H groups in total. The fourth-order valence-electron chi connectivity index (χ4n) is 4.18. The van der Waals surface area contributed by atoms with Crippen LogP contribution in [0.15, 0.2) is 77.8 Å². The van der Waals surface area contributed by atoms with Crippen molar-refractivity contribution in [2.75, 3.05) is 5.32 Å². The fraction of sp³-hybridized carbons (Fsp3) is 0.156. The highest BCUT2D eigenvalue weighted by Gasteiger charge is 2.23. The minimum atomic E-state index is -4.26. The first kappa shape index (κ1) is 39.2. The second-order valence-corrected chi connectivity index (χ2v) is 13.2. The molecule has 0 unspecified atom stereocenters. The van der Waals surface area contributed by atoms with Gasteiger partial charge in [-0.3, -0.25) is 23.9 Å². The summed E-state index contributed by atoms with van der Waals surface area (Å²) in [6.07, 6.45) is 2.18. The lowest BCUT2D eigenvalue weighted by Gasteiger charge is -2.09. The number of hydrogen-bond donors (Lipinski definition) is 4. The highest BCUT2D eigenvalue weighted by molar-refractivity contribution is 7.85. The van der Waals surface area contributed by atoms with E-state index < -0.39 is 16.1 Å². The number of aromatic amines is 1. The van der Waals surface area contributed by atoms with Crippen molar-refractivity contribution in [1.29, 1.82) is 0 Å². The van der Waals surface area contributed by atoms with Crippen molar-refractivity contribution >= 4 is 79.9 Å². The lowest BCUT2D eigenvalue weighted by Crippen LogP contribution is -2.09. The zero-order chi connectivity index (χ0) is 36.5. The first-order chi connectivity index (χ1) is 23.0. The monoisotopic (exact) mass is 767 g/mol. The van der Waals surface area contributed by atoms with Gasteiger partial charge < -0.3 is 10.4 Å². The van der Waals surface area contributed by atoms with Crippen molar-refractivity contribution in [2.24, 2.45) is 7.05 Å². The maximum Gasteiger partial charge on any atom is 0.353 e. The topological polar surface area (TPSA) is 184 Å². The van der Waals surface area contributed by atoms with Crippen LogP contribution in [0.1, 0.15) is 56.7 Å². The normalized spacial score (nSPS) is 10.7. The Morgan fingerprint density at radius 1 is 0.918 bits per heavy atom. The lowest BCUT2D eigenvalue weighted by atomic mass is 9.98. The van der Waals surface area contributed by atoms with Crippen LogP contribution in [0.3, 0.4) is 0 Å². The van der Waals surface area contributed by atoms with Crippen molar-refractivity contribution < 1.29 is 32.5 Å². The number of aromatic nitrogens is 4. The maximum absolute atomic E-state index is 13.1. The number of carboxylic acid groups (broad SMARTS) is 1. The molecule has 49 heavy (non-hydrogen) atoms. The van der Waals surface area contributed by atoms with Crippen LogP contribution in [-0.4, -0.2) is 55.7 Å². The van der Waals surface area contributed by atoms with Gasteiger partial charge in [-0.25, -0.2) is 4.79 Å². The molecule has 12 nitrogen and oxygen atoms in total. The molecule has 2 aromatic heterocycles. The lowest BCUT2D eigenvalue weighted by molar-refractivity contribution is -0.115. The third-order valence-electron chi connectivity index (χ3n) is 6.59. The molecule has 17 heteroatoms. The van der Waals surface area contributed by atoms with Crippen LogP contribution in [0.4, 0.5) is 5.69 Å². The van der Waals surface area contributed by atoms with Crippen LogP contribution < -0.4 is 5.32 Å². The average molecular weight is 769 g/mol. The van der Waals surface area contributed by atoms with Crippen LogP contribution in [0.5, 0.6) is 0 Å². The molecule has 0 saturated carbocycles. The summed E-state index contributed by atoms with van der Waals surface area (Å²) in [6, 6.07) is 16.8. The van der Waals surface area contributed by atoms with E-state index in [1.54, 1.807) is 68.0 Å². The first-order valence-corrected chi connectivity index (χ1v) is 17.0. The van der Waals surface area contributed by atoms with E-state index in [1.165, 1.54) is 30.5 Å². The fourth-order valence-corrected chi connectivity index (χ4v) is 5.46. The van der Waals surface area contributed by atoms with E-state index in [2.05, 4.69) is 20.6 Å². The van der Waals surface area contributed by atoms with Crippen LogP contribution in [0.2, 0.25) is 20.1 Å². The molecule has 258 valence electrons. The van der Waals surface area contributed by atoms with Gasteiger partial charge in [0.2, 0.25) is 5.91 Å². The van der Waals surface area contributed by atoms with Crippen LogP contribution >= 0.6 is 46.4 Å². The Morgan fingerprint density at radius 2 is 1.59 bits per heavy atom. The molecule has 5 rings (SSSR count). The highest BCUT2D eigenvalue weighted by atomic mass is 35.5. The molecule has 0 fully saturated rings. The number of carboxylic acids is 1. The van der Waals surface area contributed by atoms with Gasteiger partial charge in [-0.05, 0) is 67.1 Å². The number of carbonyl (C=O) groups excluding carboxylic acids is 2. The van der Waals surface area contributed by atoms with Gasteiger partial charge in [-0.1, -0.05) is 65.5 Å². The molecule has 1 amide bonds. The summed E-state index contributed by atoms with van der Waals surface area (Å²) < 4.78 is 33.1. The quantitative estimate of drug-likeness (QED) is 0.0914. The third-order valence-corrected chi connectivity index (χ3v) is 8.75. The SMILES string of the molecule is CCC(=O)Nc1ccc(Cl)c(Cl)c1.Cc1nn(C)c(Cc2ccc(S(=O)(=O)O)cc2)c1C(=O)c1ccc(Cl)cc1Cl.O=C(O)c1ccn[nH]1. The number of nitrogens with one attached hydrogen (secondary N) is 2. The van der Waals surface area contributed by atoms with Gasteiger partial charge in [0.1, 0.15) is 5.69 Å². The molecule has 0 aliphatic heterocycles. The van der Waals surface area contributed by atoms with E-state index in [-0.39, 0.29) is 27.3 Å². The van der Waals surface area contributed by atoms with E-state index in [0.29, 0.717) is 56.1 Å². The summed E-state index contributed by atoms with van der Waals surface area (Å²) in [6.45, 7) is 3.52. The smallest absolute Gasteiger partial charge is 0.353 e. The Morgan fingerprint density at radius 3 is 2.10 bits per heavy atom. The molecule has 0 aliphatic carbocycles. The standard InChI is InChI=1S/C19H16Cl2N2O4S.C9H9Cl2NO.C4H4N2O2/c1-11-18(19(24)15-8-5-13(20)10-16(15)21)17(23(2)22-11)9-12-3-6-14(7-4-12)28(25,26)27;1-2-9(13)12-6-3-4-7(10)8(11)5-6;7-4(8)3-1-2-5-6-3/h3-8,10H,9H2,1-2H3,(H,25,26,27);3-5H,2H2,1H3,(H,12,13);1-2H,(H,5,6)(H,7,8). The van der Waals surface area contributed by atoms with Crippen molar-refractivity contribution in [1.82, 2.24) is 20.0 Å². The zero-order valence-electron chi connectivity index (χ0n) is 26.0. The Kier molecular flexibility index (Phi) is 13.9. The molecule has 0 radical (unpaired) electrons. The number of halogens is 4. The second kappa shape index (κ2) is 17.4. The molecule has 0 aliphatic rings. The summed E-state index contributed by atoms with van der Waals surface area (Å²) >= 11 is 23.6. The molecular weight excluding hydrogens is 740 g/mol. The van der Waals surface area contributed by atoms with Gasteiger partial charge in [0.15, 0.2) is 5.78 Å². The largest absolute Gasteiger partial charge is 0.477 e. The molecule has 0 saturated heterocycles. The number of rotatable bonds is 8. The minimum Gasteiger partial charge on any atom is -0.477 e. The van der Waals surface area contributed by atoms with Gasteiger partial charge in [-0.2, -0.15) is 18.6 Å². The number of amides is 1. The number of nitrogens with zero attached hydrogens (tertiary/aromatic N) is 3. The highest BCUT2D eigenvalue weighted by Crippen LogP contribution is 2.28. The number of carbonyl (C=O) groups is 3. The zero-order valence-corrected chi connectivity index (χ0v) is 29.9. The minimum absolute atomic E-state index is 0.0432. The van der Waals surface area contributed by atoms with Crippen molar-refractivity contribution in [3.8, 4) is 0 Å². The van der Waals surface area contributed by atoms with Gasteiger partial charge in [-0.15, -0.1) is 0 Å². The first-order valence-electron chi connectivity index (χ1n) is 14.1. The number of aryl methyl sites for hydroxylation is 2. The van der Waals surface area contributed by atoms with Gasteiger partial charge in [0, 0.05) is 42.4 Å². The summed E-state index contributed by atoms with van der Waals surface area (Å²) in [5.74, 6) is -1.29. The predicted molar refractivity (Wildman–Crippen MR) is 188 cm³/mol.